The molecule has 0 amide bonds. The molecule has 0 spiro atoms. The molecule has 0 saturated carbocycles. The van der Waals surface area contributed by atoms with E-state index in [4.69, 9.17) is 33.2 Å². The van der Waals surface area contributed by atoms with E-state index in [0.717, 1.165) is 6.07 Å². The van der Waals surface area contributed by atoms with Gasteiger partial charge in [-0.3, -0.25) is 0 Å². The van der Waals surface area contributed by atoms with Crippen LogP contribution in [0.2, 0.25) is 0 Å². The molecule has 6 rings (SSSR count). The number of benzene rings is 2. The predicted octanol–water partition coefficient (Wildman–Crippen LogP) is -2.92. The monoisotopic (exact) mass is 744 g/mol. The number of hydrogen-bond donors (Lipinski definition) is 12. The van der Waals surface area contributed by atoms with Crippen molar-refractivity contribution in [3.8, 4) is 28.7 Å². The van der Waals surface area contributed by atoms with Crippen molar-refractivity contribution in [2.24, 2.45) is 0 Å². The quantitative estimate of drug-likeness (QED) is 0.114. The molecule has 12 N–H and O–H groups in total. The third-order valence-corrected chi connectivity index (χ3v) is 9.71. The summed E-state index contributed by atoms with van der Waals surface area (Å²) in [5.41, 5.74) is 0.515. The van der Waals surface area contributed by atoms with Crippen LogP contribution in [0.4, 0.5) is 0 Å². The van der Waals surface area contributed by atoms with Crippen molar-refractivity contribution in [3.05, 3.63) is 41.5 Å². The van der Waals surface area contributed by atoms with Crippen LogP contribution in [0, 0.1) is 0 Å². The number of phenolic OH excluding ortho intramolecular Hbond substituents is 4. The SMILES string of the molecule is CC1OC(OC2CC(O)C(OCC3OC(OC4Cc5c(O)cc(O)cc5OC4c4ccc(O)c(O)c4)C(O)C(O)C3O)OC2CO)C(O)C(O)C1O. The van der Waals surface area contributed by atoms with Crippen LogP contribution >= 0.6 is 0 Å². The summed E-state index contributed by atoms with van der Waals surface area (Å²) in [7, 11) is 0. The molecule has 4 aliphatic rings. The lowest BCUT2D eigenvalue weighted by atomic mass is 9.93. The minimum atomic E-state index is -1.83. The lowest BCUT2D eigenvalue weighted by Crippen LogP contribution is -2.61. The molecule has 16 atom stereocenters. The van der Waals surface area contributed by atoms with Gasteiger partial charge < -0.3 is 94.4 Å². The summed E-state index contributed by atoms with van der Waals surface area (Å²) in [6.07, 6.45) is -22.8. The highest BCUT2D eigenvalue weighted by Crippen LogP contribution is 2.44. The Balaban J connectivity index is 1.13. The van der Waals surface area contributed by atoms with Gasteiger partial charge in [0.05, 0.1) is 25.4 Å². The van der Waals surface area contributed by atoms with Crippen molar-refractivity contribution < 1.29 is 94.4 Å². The maximum Gasteiger partial charge on any atom is 0.187 e. The molecule has 0 aliphatic carbocycles. The summed E-state index contributed by atoms with van der Waals surface area (Å²) in [6, 6.07) is 6.20. The highest BCUT2D eigenvalue weighted by Gasteiger charge is 2.49. The van der Waals surface area contributed by atoms with Gasteiger partial charge in [0.2, 0.25) is 0 Å². The molecule has 4 heterocycles. The molecule has 0 bridgehead atoms. The van der Waals surface area contributed by atoms with Crippen LogP contribution in [-0.4, -0.2) is 167 Å². The molecular formula is C33H44O19. The molecule has 52 heavy (non-hydrogen) atoms. The number of aromatic hydroxyl groups is 4. The van der Waals surface area contributed by atoms with Crippen LogP contribution in [0.15, 0.2) is 30.3 Å². The van der Waals surface area contributed by atoms with E-state index in [1.807, 2.05) is 0 Å². The minimum Gasteiger partial charge on any atom is -0.508 e. The molecule has 19 nitrogen and oxygen atoms in total. The maximum absolute atomic E-state index is 10.9. The summed E-state index contributed by atoms with van der Waals surface area (Å²) in [5, 5.41) is 124. The number of ether oxygens (including phenoxy) is 7. The van der Waals surface area contributed by atoms with Crippen LogP contribution in [-0.2, 0) is 34.8 Å². The van der Waals surface area contributed by atoms with Gasteiger partial charge >= 0.3 is 0 Å². The molecule has 3 saturated heterocycles. The topological polar surface area (TPSA) is 307 Å². The first-order valence-electron chi connectivity index (χ1n) is 16.7. The third-order valence-electron chi connectivity index (χ3n) is 9.71. The Morgan fingerprint density at radius 1 is 0.673 bits per heavy atom. The van der Waals surface area contributed by atoms with Crippen LogP contribution in [0.1, 0.15) is 30.6 Å². The Labute approximate surface area is 295 Å². The van der Waals surface area contributed by atoms with Gasteiger partial charge in [0.15, 0.2) is 36.5 Å². The van der Waals surface area contributed by atoms with Crippen LogP contribution in [0.3, 0.4) is 0 Å². The van der Waals surface area contributed by atoms with Crippen LogP contribution in [0.25, 0.3) is 0 Å². The van der Waals surface area contributed by atoms with Gasteiger partial charge in [0, 0.05) is 30.5 Å². The summed E-state index contributed by atoms with van der Waals surface area (Å²) < 4.78 is 40.5. The number of aliphatic hydroxyl groups is 8. The Kier molecular flexibility index (Phi) is 11.7. The Morgan fingerprint density at radius 2 is 1.33 bits per heavy atom. The highest BCUT2D eigenvalue weighted by atomic mass is 16.7. The summed E-state index contributed by atoms with van der Waals surface area (Å²) in [6.45, 7) is 0.287. The molecule has 16 unspecified atom stereocenters. The van der Waals surface area contributed by atoms with Crippen molar-refractivity contribution in [3.63, 3.8) is 0 Å². The smallest absolute Gasteiger partial charge is 0.187 e. The fourth-order valence-electron chi connectivity index (χ4n) is 6.70. The van der Waals surface area contributed by atoms with Gasteiger partial charge in [-0.2, -0.15) is 0 Å². The molecule has 0 aromatic heterocycles. The average molecular weight is 745 g/mol. The maximum atomic E-state index is 10.9. The van der Waals surface area contributed by atoms with Gasteiger partial charge in [0.1, 0.15) is 78.3 Å². The van der Waals surface area contributed by atoms with E-state index in [1.165, 1.54) is 31.2 Å². The number of hydrogen-bond acceptors (Lipinski definition) is 19. The Morgan fingerprint density at radius 3 is 2.02 bits per heavy atom. The van der Waals surface area contributed by atoms with Crippen molar-refractivity contribution in [2.45, 2.75) is 118 Å². The highest BCUT2D eigenvalue weighted by molar-refractivity contribution is 5.52. The van der Waals surface area contributed by atoms with E-state index in [1.54, 1.807) is 0 Å². The number of rotatable bonds is 9. The molecule has 19 heteroatoms. The van der Waals surface area contributed by atoms with Crippen molar-refractivity contribution in [1.82, 2.24) is 0 Å². The lowest BCUT2D eigenvalue weighted by molar-refractivity contribution is -0.348. The fraction of sp³-hybridized carbons (Fsp3) is 0.636. The van der Waals surface area contributed by atoms with E-state index < -0.39 is 123 Å². The first kappa shape index (κ1) is 38.6. The Hall–Kier alpha value is -3.12. The first-order chi connectivity index (χ1) is 24.7. The molecule has 4 aliphatic heterocycles. The van der Waals surface area contributed by atoms with E-state index in [2.05, 4.69) is 0 Å². The average Bonchev–Trinajstić information content (AvgIpc) is 3.11. The second-order valence-corrected chi connectivity index (χ2v) is 13.3. The summed E-state index contributed by atoms with van der Waals surface area (Å²) in [4.78, 5) is 0. The number of phenols is 4. The van der Waals surface area contributed by atoms with Gasteiger partial charge in [-0.1, -0.05) is 6.07 Å². The molecule has 3 fully saturated rings. The fourth-order valence-corrected chi connectivity index (χ4v) is 6.70. The third kappa shape index (κ3) is 7.74. The van der Waals surface area contributed by atoms with E-state index in [-0.39, 0.29) is 41.2 Å². The lowest BCUT2D eigenvalue weighted by Gasteiger charge is -2.45. The van der Waals surface area contributed by atoms with E-state index in [9.17, 15) is 61.3 Å². The standard InChI is InChI=1S/C33H44O19/c1-11-24(40)26(42)28(44)32(47-11)49-20-8-18(39)31(51-22(20)9-34)46-10-23-25(41)27(43)29(45)33(52-23)50-21-7-14-16(37)5-13(35)6-19(14)48-30(21)12-2-3-15(36)17(38)4-12/h2-6,11,18,20-45H,7-10H2,1H3. The van der Waals surface area contributed by atoms with Gasteiger partial charge in [-0.25, -0.2) is 0 Å². The van der Waals surface area contributed by atoms with E-state index in [0.29, 0.717) is 0 Å². The number of aliphatic hydroxyl groups excluding tert-OH is 8. The summed E-state index contributed by atoms with van der Waals surface area (Å²) in [5.74, 6) is -1.41. The second kappa shape index (κ2) is 15.7. The molecule has 2 aromatic rings. The zero-order valence-corrected chi connectivity index (χ0v) is 27.7. The van der Waals surface area contributed by atoms with Gasteiger partial charge in [-0.05, 0) is 24.6 Å². The molecule has 0 radical (unpaired) electrons. The molecule has 2 aromatic carbocycles. The van der Waals surface area contributed by atoms with Crippen molar-refractivity contribution in [1.29, 1.82) is 0 Å². The minimum absolute atomic E-state index is 0.0879. The van der Waals surface area contributed by atoms with E-state index >= 15 is 0 Å². The predicted molar refractivity (Wildman–Crippen MR) is 168 cm³/mol. The Bertz CT molecular complexity index is 1530. The zero-order chi connectivity index (χ0) is 37.6. The van der Waals surface area contributed by atoms with Gasteiger partial charge in [-0.15, -0.1) is 0 Å². The van der Waals surface area contributed by atoms with Crippen LogP contribution in [0.5, 0.6) is 28.7 Å². The largest absolute Gasteiger partial charge is 0.508 e. The van der Waals surface area contributed by atoms with Crippen molar-refractivity contribution in [2.75, 3.05) is 13.2 Å². The molecule has 290 valence electrons. The summed E-state index contributed by atoms with van der Waals surface area (Å²) >= 11 is 0. The van der Waals surface area contributed by atoms with Crippen molar-refractivity contribution >= 4 is 0 Å². The first-order valence-corrected chi connectivity index (χ1v) is 16.7. The normalized spacial score (nSPS) is 40.9. The van der Waals surface area contributed by atoms with Crippen LogP contribution < -0.4 is 4.74 Å². The molecular weight excluding hydrogens is 700 g/mol. The zero-order valence-electron chi connectivity index (χ0n) is 27.7. The number of fused-ring (bicyclic) bond motifs is 1. The second-order valence-electron chi connectivity index (χ2n) is 13.3. The van der Waals surface area contributed by atoms with Gasteiger partial charge in [0.25, 0.3) is 0 Å².